The lowest BCUT2D eigenvalue weighted by Crippen LogP contribution is -2.65. The van der Waals surface area contributed by atoms with Crippen LogP contribution in [0.1, 0.15) is 32.1 Å². The summed E-state index contributed by atoms with van der Waals surface area (Å²) in [6.07, 6.45) is 8.98. The molecule has 1 saturated carbocycles. The van der Waals surface area contributed by atoms with E-state index in [1.54, 1.807) is 4.90 Å². The summed E-state index contributed by atoms with van der Waals surface area (Å²) in [5.41, 5.74) is 0. The first-order valence-electron chi connectivity index (χ1n) is 9.34. The van der Waals surface area contributed by atoms with Crippen molar-refractivity contribution < 1.29 is 4.79 Å². The van der Waals surface area contributed by atoms with Gasteiger partial charge in [0.25, 0.3) is 0 Å². The average Bonchev–Trinajstić information content (AvgIpc) is 3.12. The number of nitriles is 1. The van der Waals surface area contributed by atoms with Gasteiger partial charge in [0.15, 0.2) is 6.19 Å². The molecule has 0 aromatic heterocycles. The van der Waals surface area contributed by atoms with Crippen molar-refractivity contribution >= 4 is 17.7 Å². The summed E-state index contributed by atoms with van der Waals surface area (Å²) in [5.74, 6) is 0.999. The Morgan fingerprint density at radius 3 is 2.71 bits per heavy atom. The zero-order chi connectivity index (χ0) is 16.5. The summed E-state index contributed by atoms with van der Waals surface area (Å²) >= 11 is 1.97. The predicted molar refractivity (Wildman–Crippen MR) is 94.0 cm³/mol. The number of amides is 1. The largest absolute Gasteiger partial charge is 0.327 e. The molecule has 132 valence electrons. The van der Waals surface area contributed by atoms with Crippen LogP contribution in [0.15, 0.2) is 0 Å². The van der Waals surface area contributed by atoms with E-state index in [-0.39, 0.29) is 17.3 Å². The van der Waals surface area contributed by atoms with Gasteiger partial charge in [-0.1, -0.05) is 19.3 Å². The number of fused-ring (bicyclic) bond motifs is 1. The molecule has 0 bridgehead atoms. The fourth-order valence-electron chi connectivity index (χ4n) is 4.62. The predicted octanol–water partition coefficient (Wildman–Crippen LogP) is 0.865. The van der Waals surface area contributed by atoms with Gasteiger partial charge in [-0.2, -0.15) is 5.26 Å². The van der Waals surface area contributed by atoms with Crippen molar-refractivity contribution in [2.45, 2.75) is 48.9 Å². The van der Waals surface area contributed by atoms with Crippen LogP contribution in [0.4, 0.5) is 0 Å². The minimum Gasteiger partial charge on any atom is -0.327 e. The molecule has 3 atom stereocenters. The molecule has 0 spiro atoms. The number of thioether (sulfide) groups is 1. The second-order valence-corrected chi connectivity index (χ2v) is 8.77. The molecule has 4 fully saturated rings. The maximum absolute atomic E-state index is 13.0. The quantitative estimate of drug-likeness (QED) is 0.746. The zero-order valence-electron chi connectivity index (χ0n) is 14.2. The molecule has 3 saturated heterocycles. The van der Waals surface area contributed by atoms with Gasteiger partial charge in [0.05, 0.1) is 17.3 Å². The highest BCUT2D eigenvalue weighted by molar-refractivity contribution is 8.00. The highest BCUT2D eigenvalue weighted by Crippen LogP contribution is 2.37. The van der Waals surface area contributed by atoms with E-state index in [4.69, 9.17) is 5.26 Å². The Bertz CT molecular complexity index is 518. The number of piperazine rings is 2. The van der Waals surface area contributed by atoms with Crippen LogP contribution < -0.4 is 5.32 Å². The summed E-state index contributed by atoms with van der Waals surface area (Å²) in [5, 5.41) is 13.6. The Morgan fingerprint density at radius 2 is 1.92 bits per heavy atom. The molecule has 2 unspecified atom stereocenters. The first-order valence-corrected chi connectivity index (χ1v) is 10.3. The molecule has 3 heterocycles. The van der Waals surface area contributed by atoms with Crippen molar-refractivity contribution in [1.82, 2.24) is 20.0 Å². The third kappa shape index (κ3) is 3.12. The number of nitrogens with one attached hydrogen (secondary N) is 1. The fraction of sp³-hybridized carbons (Fsp3) is 0.882. The van der Waals surface area contributed by atoms with Crippen LogP contribution in [0.25, 0.3) is 0 Å². The van der Waals surface area contributed by atoms with E-state index >= 15 is 0 Å². The van der Waals surface area contributed by atoms with Crippen molar-refractivity contribution in [3.63, 3.8) is 0 Å². The smallest absolute Gasteiger partial charge is 0.242 e. The van der Waals surface area contributed by atoms with E-state index in [1.165, 1.54) is 32.1 Å². The maximum atomic E-state index is 13.0. The van der Waals surface area contributed by atoms with E-state index in [9.17, 15) is 4.79 Å². The molecule has 1 amide bonds. The molecule has 4 rings (SSSR count). The number of hydrogen-bond acceptors (Lipinski definition) is 6. The molecule has 24 heavy (non-hydrogen) atoms. The zero-order valence-corrected chi connectivity index (χ0v) is 15.0. The van der Waals surface area contributed by atoms with Crippen LogP contribution in [-0.4, -0.2) is 76.7 Å². The Hall–Kier alpha value is -0.970. The fourth-order valence-corrected chi connectivity index (χ4v) is 6.19. The number of carbonyl (C=O) groups excluding carboxylic acids is 1. The second-order valence-electron chi connectivity index (χ2n) is 7.45. The lowest BCUT2D eigenvalue weighted by molar-refractivity contribution is -0.144. The van der Waals surface area contributed by atoms with Crippen LogP contribution in [0.5, 0.6) is 0 Å². The highest BCUT2D eigenvalue weighted by atomic mass is 32.2. The minimum atomic E-state index is -0.124. The van der Waals surface area contributed by atoms with Gasteiger partial charge in [0.2, 0.25) is 5.91 Å². The Balaban J connectivity index is 1.38. The first-order chi connectivity index (χ1) is 11.8. The summed E-state index contributed by atoms with van der Waals surface area (Å²) in [6.45, 7) is 4.83. The van der Waals surface area contributed by atoms with Crippen LogP contribution in [0, 0.1) is 17.4 Å². The number of hydrogen-bond donors (Lipinski definition) is 1. The first kappa shape index (κ1) is 16.5. The van der Waals surface area contributed by atoms with Gasteiger partial charge in [0, 0.05) is 32.7 Å². The maximum Gasteiger partial charge on any atom is 0.242 e. The van der Waals surface area contributed by atoms with Gasteiger partial charge in [-0.15, -0.1) is 11.8 Å². The summed E-state index contributed by atoms with van der Waals surface area (Å²) in [6, 6.07) is -0.124. The summed E-state index contributed by atoms with van der Waals surface area (Å²) in [7, 11) is 0. The van der Waals surface area contributed by atoms with Crippen molar-refractivity contribution in [2.24, 2.45) is 5.92 Å². The van der Waals surface area contributed by atoms with E-state index in [0.717, 1.165) is 38.6 Å². The monoisotopic (exact) mass is 349 g/mol. The molecule has 7 heteroatoms. The highest BCUT2D eigenvalue weighted by Gasteiger charge is 2.43. The molecule has 1 N–H and O–H groups in total. The molecule has 0 aromatic rings. The Kier molecular flexibility index (Phi) is 4.88. The molecule has 0 aromatic carbocycles. The standard InChI is InChI=1S/C17H27N5OS/c18-12-20-6-7-21-8-9-22(17(23)14(21)11-20)15-10-19-16(24-15)13-4-2-1-3-5-13/h13-16,19H,1-11H2/t14-,15?,16?/m1/s1. The third-order valence-electron chi connectivity index (χ3n) is 6.05. The molecule has 3 aliphatic heterocycles. The van der Waals surface area contributed by atoms with Gasteiger partial charge in [-0.25, -0.2) is 0 Å². The normalized spacial score (nSPS) is 35.8. The molecule has 0 radical (unpaired) electrons. The number of carbonyl (C=O) groups is 1. The SMILES string of the molecule is N#CN1CCN2CCN(C3CNC(C4CCCCC4)S3)C(=O)[C@H]2C1. The van der Waals surface area contributed by atoms with Crippen molar-refractivity contribution in [1.29, 1.82) is 5.26 Å². The third-order valence-corrected chi connectivity index (χ3v) is 7.63. The lowest BCUT2D eigenvalue weighted by Gasteiger charge is -2.46. The van der Waals surface area contributed by atoms with E-state index in [0.29, 0.717) is 11.9 Å². The number of rotatable bonds is 2. The van der Waals surface area contributed by atoms with Crippen LogP contribution in [0.2, 0.25) is 0 Å². The topological polar surface area (TPSA) is 62.6 Å². The minimum absolute atomic E-state index is 0.124. The molecule has 1 aliphatic carbocycles. The van der Waals surface area contributed by atoms with Gasteiger partial charge >= 0.3 is 0 Å². The Labute approximate surface area is 148 Å². The van der Waals surface area contributed by atoms with E-state index in [2.05, 4.69) is 21.3 Å². The van der Waals surface area contributed by atoms with E-state index < -0.39 is 0 Å². The van der Waals surface area contributed by atoms with Crippen molar-refractivity contribution in [3.8, 4) is 6.19 Å². The molecular formula is C17H27N5OS. The average molecular weight is 350 g/mol. The molecule has 4 aliphatic rings. The molecular weight excluding hydrogens is 322 g/mol. The van der Waals surface area contributed by atoms with Crippen molar-refractivity contribution in [2.75, 3.05) is 39.3 Å². The molecule has 6 nitrogen and oxygen atoms in total. The van der Waals surface area contributed by atoms with E-state index in [1.807, 2.05) is 11.8 Å². The van der Waals surface area contributed by atoms with Crippen LogP contribution in [-0.2, 0) is 4.79 Å². The summed E-state index contributed by atoms with van der Waals surface area (Å²) in [4.78, 5) is 19.1. The van der Waals surface area contributed by atoms with Gasteiger partial charge in [0.1, 0.15) is 6.04 Å². The van der Waals surface area contributed by atoms with Crippen LogP contribution >= 0.6 is 11.8 Å². The second kappa shape index (κ2) is 7.11. The van der Waals surface area contributed by atoms with Crippen LogP contribution in [0.3, 0.4) is 0 Å². The van der Waals surface area contributed by atoms with Gasteiger partial charge in [-0.3, -0.25) is 9.69 Å². The number of nitrogens with zero attached hydrogens (tertiary/aromatic N) is 4. The van der Waals surface area contributed by atoms with Gasteiger partial charge in [-0.05, 0) is 18.8 Å². The van der Waals surface area contributed by atoms with Gasteiger partial charge < -0.3 is 15.1 Å². The lowest BCUT2D eigenvalue weighted by atomic mass is 9.89. The summed E-state index contributed by atoms with van der Waals surface area (Å²) < 4.78 is 0. The Morgan fingerprint density at radius 1 is 1.12 bits per heavy atom. The van der Waals surface area contributed by atoms with Crippen molar-refractivity contribution in [3.05, 3.63) is 0 Å².